The summed E-state index contributed by atoms with van der Waals surface area (Å²) in [4.78, 5) is 4.53. The third kappa shape index (κ3) is 3.49. The number of aromatic nitrogens is 3. The van der Waals surface area contributed by atoms with E-state index >= 15 is 0 Å². The summed E-state index contributed by atoms with van der Waals surface area (Å²) in [6.07, 6.45) is 2.81. The van der Waals surface area contributed by atoms with E-state index in [2.05, 4.69) is 42.2 Å². The Labute approximate surface area is 126 Å². The predicted octanol–water partition coefficient (Wildman–Crippen LogP) is 2.18. The molecule has 2 heterocycles. The minimum atomic E-state index is 0.704. The van der Waals surface area contributed by atoms with Crippen molar-refractivity contribution in [1.29, 1.82) is 0 Å². The average molecular weight is 288 g/mol. The second kappa shape index (κ2) is 7.33. The normalized spacial score (nSPS) is 11.0. The summed E-state index contributed by atoms with van der Waals surface area (Å²) in [7, 11) is 1.71. The van der Waals surface area contributed by atoms with Crippen LogP contribution in [0.3, 0.4) is 0 Å². The molecule has 5 heteroatoms. The Bertz CT molecular complexity index is 592. The molecular formula is C16H24N4O. The van der Waals surface area contributed by atoms with E-state index in [0.717, 1.165) is 36.6 Å². The van der Waals surface area contributed by atoms with E-state index in [1.54, 1.807) is 7.11 Å². The van der Waals surface area contributed by atoms with Gasteiger partial charge in [0.1, 0.15) is 0 Å². The van der Waals surface area contributed by atoms with Gasteiger partial charge in [-0.3, -0.25) is 0 Å². The quantitative estimate of drug-likeness (QED) is 0.793. The second-order valence-corrected chi connectivity index (χ2v) is 5.07. The van der Waals surface area contributed by atoms with Gasteiger partial charge in [-0.25, -0.2) is 9.67 Å². The Morgan fingerprint density at radius 3 is 2.81 bits per heavy atom. The number of rotatable bonds is 7. The van der Waals surface area contributed by atoms with Crippen LogP contribution in [0.5, 0.6) is 0 Å². The number of methoxy groups -OCH3 is 1. The fraction of sp³-hybridized carbons (Fsp3) is 0.500. The van der Waals surface area contributed by atoms with Crippen LogP contribution in [0.4, 0.5) is 0 Å². The van der Waals surface area contributed by atoms with Crippen molar-refractivity contribution in [1.82, 2.24) is 20.1 Å². The first-order valence-electron chi connectivity index (χ1n) is 7.38. The molecule has 1 N–H and O–H groups in total. The van der Waals surface area contributed by atoms with Crippen LogP contribution < -0.4 is 5.32 Å². The lowest BCUT2D eigenvalue weighted by atomic mass is 10.1. The van der Waals surface area contributed by atoms with Crippen LogP contribution in [0.15, 0.2) is 18.3 Å². The molecule has 0 radical (unpaired) electrons. The van der Waals surface area contributed by atoms with Crippen molar-refractivity contribution < 1.29 is 4.74 Å². The molecule has 114 valence electrons. The van der Waals surface area contributed by atoms with Crippen LogP contribution in [-0.2, 0) is 17.7 Å². The molecule has 0 amide bonds. The lowest BCUT2D eigenvalue weighted by Gasteiger charge is -2.11. The molecule has 2 aromatic rings. The summed E-state index contributed by atoms with van der Waals surface area (Å²) < 4.78 is 7.01. The van der Waals surface area contributed by atoms with Crippen molar-refractivity contribution in [2.75, 3.05) is 20.3 Å². The van der Waals surface area contributed by atoms with Crippen molar-refractivity contribution in [3.05, 3.63) is 40.8 Å². The van der Waals surface area contributed by atoms with Crippen LogP contribution in [0.1, 0.15) is 29.4 Å². The summed E-state index contributed by atoms with van der Waals surface area (Å²) in [5, 5.41) is 8.02. The van der Waals surface area contributed by atoms with Gasteiger partial charge in [-0.05, 0) is 31.9 Å². The maximum Gasteiger partial charge on any atom is 0.158 e. The van der Waals surface area contributed by atoms with Crippen molar-refractivity contribution in [2.45, 2.75) is 33.7 Å². The van der Waals surface area contributed by atoms with Crippen molar-refractivity contribution in [3.8, 4) is 5.82 Å². The van der Waals surface area contributed by atoms with E-state index in [0.29, 0.717) is 6.61 Å². The molecule has 0 saturated carbocycles. The van der Waals surface area contributed by atoms with E-state index in [-0.39, 0.29) is 0 Å². The monoisotopic (exact) mass is 288 g/mol. The Morgan fingerprint density at radius 2 is 2.14 bits per heavy atom. The molecule has 0 aliphatic rings. The molecule has 0 aromatic carbocycles. The molecule has 0 atom stereocenters. The van der Waals surface area contributed by atoms with Gasteiger partial charge >= 0.3 is 0 Å². The number of hydrogen-bond donors (Lipinski definition) is 1. The molecule has 0 spiro atoms. The minimum Gasteiger partial charge on any atom is -0.383 e. The topological polar surface area (TPSA) is 52.0 Å². The van der Waals surface area contributed by atoms with Gasteiger partial charge in [0, 0.05) is 37.7 Å². The first kappa shape index (κ1) is 15.7. The molecule has 0 bridgehead atoms. The van der Waals surface area contributed by atoms with Crippen molar-refractivity contribution in [3.63, 3.8) is 0 Å². The van der Waals surface area contributed by atoms with Gasteiger partial charge in [0.2, 0.25) is 0 Å². The smallest absolute Gasteiger partial charge is 0.158 e. The van der Waals surface area contributed by atoms with Crippen LogP contribution in [-0.4, -0.2) is 35.0 Å². The summed E-state index contributed by atoms with van der Waals surface area (Å²) >= 11 is 0. The zero-order valence-corrected chi connectivity index (χ0v) is 13.3. The zero-order valence-electron chi connectivity index (χ0n) is 13.3. The maximum atomic E-state index is 5.05. The third-order valence-electron chi connectivity index (χ3n) is 3.66. The molecule has 0 aliphatic carbocycles. The number of aryl methyl sites for hydroxylation is 1. The third-order valence-corrected chi connectivity index (χ3v) is 3.66. The minimum absolute atomic E-state index is 0.704. The highest BCUT2D eigenvalue weighted by Gasteiger charge is 2.14. The molecule has 0 saturated heterocycles. The Balaban J connectivity index is 2.27. The SMILES string of the molecule is CCc1c(C)nn(-c2ncccc2CNCCOC)c1C. The van der Waals surface area contributed by atoms with Crippen molar-refractivity contribution >= 4 is 0 Å². The lowest BCUT2D eigenvalue weighted by Crippen LogP contribution is -2.20. The molecule has 0 aliphatic heterocycles. The van der Waals surface area contributed by atoms with Gasteiger partial charge in [-0.2, -0.15) is 5.10 Å². The Hall–Kier alpha value is -1.72. The number of pyridine rings is 1. The van der Waals surface area contributed by atoms with E-state index in [1.807, 2.05) is 16.9 Å². The second-order valence-electron chi connectivity index (χ2n) is 5.07. The van der Waals surface area contributed by atoms with E-state index < -0.39 is 0 Å². The van der Waals surface area contributed by atoms with Crippen LogP contribution >= 0.6 is 0 Å². The van der Waals surface area contributed by atoms with E-state index in [9.17, 15) is 0 Å². The summed E-state index contributed by atoms with van der Waals surface area (Å²) in [5.74, 6) is 0.905. The molecule has 21 heavy (non-hydrogen) atoms. The number of hydrogen-bond acceptors (Lipinski definition) is 4. The van der Waals surface area contributed by atoms with Crippen molar-refractivity contribution in [2.24, 2.45) is 0 Å². The largest absolute Gasteiger partial charge is 0.383 e. The van der Waals surface area contributed by atoms with Crippen LogP contribution in [0, 0.1) is 13.8 Å². The molecule has 2 rings (SSSR count). The maximum absolute atomic E-state index is 5.05. The molecular weight excluding hydrogens is 264 g/mol. The first-order valence-corrected chi connectivity index (χ1v) is 7.38. The predicted molar refractivity (Wildman–Crippen MR) is 83.8 cm³/mol. The Morgan fingerprint density at radius 1 is 1.33 bits per heavy atom. The van der Waals surface area contributed by atoms with E-state index in [4.69, 9.17) is 4.74 Å². The highest BCUT2D eigenvalue weighted by molar-refractivity contribution is 5.38. The fourth-order valence-electron chi connectivity index (χ4n) is 2.55. The summed E-state index contributed by atoms with van der Waals surface area (Å²) in [6, 6.07) is 4.05. The fourth-order valence-corrected chi connectivity index (χ4v) is 2.55. The number of nitrogens with one attached hydrogen (secondary N) is 1. The van der Waals surface area contributed by atoms with Gasteiger partial charge in [0.15, 0.2) is 5.82 Å². The molecule has 0 fully saturated rings. The van der Waals surface area contributed by atoms with Crippen LogP contribution in [0.25, 0.3) is 5.82 Å². The summed E-state index contributed by atoms with van der Waals surface area (Å²) in [6.45, 7) is 8.61. The lowest BCUT2D eigenvalue weighted by molar-refractivity contribution is 0.199. The Kier molecular flexibility index (Phi) is 5.47. The first-order chi connectivity index (χ1) is 10.2. The standard InChI is InChI=1S/C16H24N4O/c1-5-15-12(2)19-20(13(15)3)16-14(7-6-8-18-16)11-17-9-10-21-4/h6-8,17H,5,9-11H2,1-4H3. The molecule has 0 unspecified atom stereocenters. The highest BCUT2D eigenvalue weighted by Crippen LogP contribution is 2.19. The molecule has 5 nitrogen and oxygen atoms in total. The number of nitrogens with zero attached hydrogens (tertiary/aromatic N) is 3. The average Bonchev–Trinajstić information content (AvgIpc) is 2.78. The van der Waals surface area contributed by atoms with E-state index in [1.165, 1.54) is 11.3 Å². The number of ether oxygens (including phenoxy) is 1. The summed E-state index contributed by atoms with van der Waals surface area (Å²) in [5.41, 5.74) is 4.70. The van der Waals surface area contributed by atoms with Gasteiger partial charge in [0.05, 0.1) is 12.3 Å². The molecule has 2 aromatic heterocycles. The highest BCUT2D eigenvalue weighted by atomic mass is 16.5. The zero-order chi connectivity index (χ0) is 15.2. The van der Waals surface area contributed by atoms with Gasteiger partial charge < -0.3 is 10.1 Å². The van der Waals surface area contributed by atoms with Crippen LogP contribution in [0.2, 0.25) is 0 Å². The van der Waals surface area contributed by atoms with Gasteiger partial charge in [-0.1, -0.05) is 13.0 Å². The van der Waals surface area contributed by atoms with Gasteiger partial charge in [0.25, 0.3) is 0 Å². The van der Waals surface area contributed by atoms with Gasteiger partial charge in [-0.15, -0.1) is 0 Å².